The minimum atomic E-state index is 0.140. The first-order chi connectivity index (χ1) is 16.9. The molecule has 2 heteroatoms. The van der Waals surface area contributed by atoms with E-state index in [9.17, 15) is 0 Å². The van der Waals surface area contributed by atoms with E-state index in [0.717, 1.165) is 11.3 Å². The predicted molar refractivity (Wildman–Crippen MR) is 144 cm³/mol. The molecule has 5 aromatic rings. The summed E-state index contributed by atoms with van der Waals surface area (Å²) >= 11 is 0. The van der Waals surface area contributed by atoms with Crippen LogP contribution in [-0.4, -0.2) is 6.21 Å². The van der Waals surface area contributed by atoms with Crippen LogP contribution in [0.1, 0.15) is 33.7 Å². The average Bonchev–Trinajstić information content (AvgIpc) is 3.29. The fourth-order valence-corrected chi connectivity index (χ4v) is 4.93. The van der Waals surface area contributed by atoms with Crippen molar-refractivity contribution in [3.8, 4) is 0 Å². The van der Waals surface area contributed by atoms with Crippen molar-refractivity contribution in [1.82, 2.24) is 0 Å². The molecule has 1 N–H and O–H groups in total. The van der Waals surface area contributed by atoms with Gasteiger partial charge in [0.05, 0.1) is 11.9 Å². The molecule has 0 heterocycles. The largest absolute Gasteiger partial charge is 0.279 e. The van der Waals surface area contributed by atoms with Crippen LogP contribution in [0.2, 0.25) is 0 Å². The molecule has 1 unspecified atom stereocenters. The zero-order valence-electron chi connectivity index (χ0n) is 18.7. The van der Waals surface area contributed by atoms with E-state index in [2.05, 4.69) is 108 Å². The number of nitrogens with one attached hydrogen (secondary N) is 1. The van der Waals surface area contributed by atoms with Crippen LogP contribution in [0.4, 0.5) is 5.69 Å². The second-order valence-electron chi connectivity index (χ2n) is 8.55. The summed E-state index contributed by atoms with van der Waals surface area (Å²) < 4.78 is 0. The number of anilines is 1. The number of allylic oxidation sites excluding steroid dienone is 1. The van der Waals surface area contributed by atoms with Gasteiger partial charge in [0.25, 0.3) is 0 Å². The summed E-state index contributed by atoms with van der Waals surface area (Å²) in [6.45, 7) is 0. The highest BCUT2D eigenvalue weighted by Crippen LogP contribution is 2.47. The topological polar surface area (TPSA) is 24.4 Å². The zero-order chi connectivity index (χ0) is 22.7. The number of hydrazone groups is 1. The van der Waals surface area contributed by atoms with Gasteiger partial charge < -0.3 is 0 Å². The summed E-state index contributed by atoms with van der Waals surface area (Å²) in [6, 6.07) is 42.5. The molecule has 1 aliphatic rings. The van der Waals surface area contributed by atoms with Gasteiger partial charge in [-0.15, -0.1) is 0 Å². The molecular formula is C32H24N2. The van der Waals surface area contributed by atoms with Crippen LogP contribution in [0.15, 0.2) is 126 Å². The van der Waals surface area contributed by atoms with Gasteiger partial charge in [-0.25, -0.2) is 0 Å². The summed E-state index contributed by atoms with van der Waals surface area (Å²) in [7, 11) is 0. The van der Waals surface area contributed by atoms with E-state index in [4.69, 9.17) is 0 Å². The molecule has 0 spiro atoms. The van der Waals surface area contributed by atoms with Crippen molar-refractivity contribution in [2.75, 3.05) is 5.43 Å². The molecule has 0 saturated heterocycles. The second-order valence-corrected chi connectivity index (χ2v) is 8.55. The molecule has 0 bridgehead atoms. The predicted octanol–water partition coefficient (Wildman–Crippen LogP) is 7.97. The first kappa shape index (κ1) is 20.2. The van der Waals surface area contributed by atoms with Crippen LogP contribution in [0.25, 0.3) is 22.4 Å². The van der Waals surface area contributed by atoms with Gasteiger partial charge >= 0.3 is 0 Å². The highest BCUT2D eigenvalue weighted by molar-refractivity contribution is 6.04. The second kappa shape index (κ2) is 8.84. The summed E-state index contributed by atoms with van der Waals surface area (Å²) in [5.41, 5.74) is 11.8. The molecule has 6 rings (SSSR count). The van der Waals surface area contributed by atoms with Crippen molar-refractivity contribution >= 4 is 34.3 Å². The van der Waals surface area contributed by atoms with E-state index >= 15 is 0 Å². The molecule has 162 valence electrons. The van der Waals surface area contributed by atoms with Crippen molar-refractivity contribution in [2.24, 2.45) is 5.10 Å². The Bertz CT molecular complexity index is 1520. The van der Waals surface area contributed by atoms with Gasteiger partial charge in [0.2, 0.25) is 0 Å². The Kier molecular flexibility index (Phi) is 5.25. The molecule has 1 atom stereocenters. The average molecular weight is 437 g/mol. The number of rotatable bonds is 5. The maximum absolute atomic E-state index is 4.65. The Morgan fingerprint density at radius 2 is 1.32 bits per heavy atom. The summed E-state index contributed by atoms with van der Waals surface area (Å²) in [6.07, 6.45) is 4.32. The number of nitrogens with zero attached hydrogens (tertiary/aromatic N) is 1. The van der Waals surface area contributed by atoms with E-state index in [1.54, 1.807) is 0 Å². The molecule has 0 radical (unpaired) electrons. The Morgan fingerprint density at radius 1 is 0.618 bits per heavy atom. The summed E-state index contributed by atoms with van der Waals surface area (Å²) in [5, 5.41) is 7.07. The molecule has 0 aliphatic heterocycles. The highest BCUT2D eigenvalue weighted by Gasteiger charge is 2.29. The Morgan fingerprint density at radius 3 is 2.18 bits per heavy atom. The van der Waals surface area contributed by atoms with Crippen LogP contribution >= 0.6 is 0 Å². The minimum absolute atomic E-state index is 0.140. The first-order valence-corrected chi connectivity index (χ1v) is 11.6. The molecule has 5 aromatic carbocycles. The fraction of sp³-hybridized carbons (Fsp3) is 0.0312. The zero-order valence-corrected chi connectivity index (χ0v) is 18.7. The molecule has 0 amide bonds. The lowest BCUT2D eigenvalue weighted by Gasteiger charge is -2.21. The lowest BCUT2D eigenvalue weighted by atomic mass is 9.82. The quantitative estimate of drug-likeness (QED) is 0.219. The number of hydrogen-bond acceptors (Lipinski definition) is 2. The number of para-hydroxylation sites is 1. The third-order valence-corrected chi connectivity index (χ3v) is 6.51. The number of hydrogen-bond donors (Lipinski definition) is 1. The Labute approximate surface area is 199 Å². The van der Waals surface area contributed by atoms with Crippen molar-refractivity contribution in [2.45, 2.75) is 5.92 Å². The van der Waals surface area contributed by atoms with Gasteiger partial charge in [0.1, 0.15) is 0 Å². The van der Waals surface area contributed by atoms with Gasteiger partial charge in [-0.3, -0.25) is 5.43 Å². The highest BCUT2D eigenvalue weighted by atomic mass is 15.3. The monoisotopic (exact) mass is 436 g/mol. The molecule has 34 heavy (non-hydrogen) atoms. The summed E-state index contributed by atoms with van der Waals surface area (Å²) in [4.78, 5) is 0. The van der Waals surface area contributed by atoms with Crippen LogP contribution in [0.3, 0.4) is 0 Å². The molecule has 0 fully saturated rings. The van der Waals surface area contributed by atoms with Gasteiger partial charge in [0.15, 0.2) is 0 Å². The normalized spacial score (nSPS) is 14.8. The van der Waals surface area contributed by atoms with Crippen molar-refractivity contribution < 1.29 is 0 Å². The maximum Gasteiger partial charge on any atom is 0.0561 e. The number of benzene rings is 5. The van der Waals surface area contributed by atoms with E-state index < -0.39 is 0 Å². The lowest BCUT2D eigenvalue weighted by molar-refractivity contribution is 1.07. The number of fused-ring (bicyclic) bond motifs is 2. The van der Waals surface area contributed by atoms with E-state index in [0.29, 0.717) is 0 Å². The van der Waals surface area contributed by atoms with E-state index in [1.165, 1.54) is 38.6 Å². The molecule has 2 nitrogen and oxygen atoms in total. The third kappa shape index (κ3) is 3.70. The van der Waals surface area contributed by atoms with Crippen LogP contribution in [-0.2, 0) is 0 Å². The minimum Gasteiger partial charge on any atom is -0.279 e. The van der Waals surface area contributed by atoms with Crippen molar-refractivity contribution in [3.63, 3.8) is 0 Å². The Hall–Kier alpha value is -4.43. The summed E-state index contributed by atoms with van der Waals surface area (Å²) in [5.74, 6) is 0.140. The SMILES string of the molecule is C1=C(c2ccccc2)C(c2ccc3ccccc3c2/C=N/Nc2ccccc2)c2ccccc21. The lowest BCUT2D eigenvalue weighted by Crippen LogP contribution is -2.06. The smallest absolute Gasteiger partial charge is 0.0561 e. The molecule has 1 aliphatic carbocycles. The van der Waals surface area contributed by atoms with Gasteiger partial charge in [-0.2, -0.15) is 5.10 Å². The van der Waals surface area contributed by atoms with E-state index in [-0.39, 0.29) is 5.92 Å². The standard InChI is InChI=1S/C32H24N2/c1-3-11-23(12-4-1)30-21-25-14-8-10-18-28(25)32(30)29-20-19-24-13-7-9-17-27(24)31(29)22-33-34-26-15-5-2-6-16-26/h1-22,32,34H/b33-22+. The molecule has 0 aromatic heterocycles. The van der Waals surface area contributed by atoms with Crippen molar-refractivity contribution in [3.05, 3.63) is 149 Å². The maximum atomic E-state index is 4.65. The van der Waals surface area contributed by atoms with Crippen LogP contribution < -0.4 is 5.43 Å². The fourth-order valence-electron chi connectivity index (χ4n) is 4.93. The molecule has 0 saturated carbocycles. The Balaban J connectivity index is 1.52. The van der Waals surface area contributed by atoms with Crippen molar-refractivity contribution in [1.29, 1.82) is 0 Å². The third-order valence-electron chi connectivity index (χ3n) is 6.51. The van der Waals surface area contributed by atoms with E-state index in [1.807, 2.05) is 36.5 Å². The van der Waals surface area contributed by atoms with Gasteiger partial charge in [-0.1, -0.05) is 109 Å². The first-order valence-electron chi connectivity index (χ1n) is 11.6. The molecular weight excluding hydrogens is 412 g/mol. The van der Waals surface area contributed by atoms with Gasteiger partial charge in [-0.05, 0) is 56.8 Å². The van der Waals surface area contributed by atoms with Gasteiger partial charge in [0, 0.05) is 11.5 Å². The van der Waals surface area contributed by atoms with Crippen LogP contribution in [0.5, 0.6) is 0 Å². The van der Waals surface area contributed by atoms with Crippen LogP contribution in [0, 0.1) is 0 Å².